The Kier molecular flexibility index (Phi) is 4.81. The number of ether oxygens (including phenoxy) is 1. The molecule has 1 aliphatic rings. The highest BCUT2D eigenvalue weighted by molar-refractivity contribution is 7.92. The summed E-state index contributed by atoms with van der Waals surface area (Å²) in [6.07, 6.45) is 3.51. The summed E-state index contributed by atoms with van der Waals surface area (Å²) in [6.45, 7) is 5.35. The summed E-state index contributed by atoms with van der Waals surface area (Å²) in [5.74, 6) is -0.126. The van der Waals surface area contributed by atoms with Crippen LogP contribution in [0.25, 0.3) is 0 Å². The van der Waals surface area contributed by atoms with Crippen molar-refractivity contribution >= 4 is 15.8 Å². The zero-order valence-electron chi connectivity index (χ0n) is 11.7. The average Bonchev–Trinajstić information content (AvgIpc) is 2.26. The lowest BCUT2D eigenvalue weighted by molar-refractivity contribution is -0.149. The number of rotatable bonds is 4. The third-order valence-corrected chi connectivity index (χ3v) is 6.26. The predicted octanol–water partition coefficient (Wildman–Crippen LogP) is 2.18. The molecule has 0 aromatic heterocycles. The predicted molar refractivity (Wildman–Crippen MR) is 71.0 cm³/mol. The Morgan fingerprint density at radius 2 is 1.94 bits per heavy atom. The van der Waals surface area contributed by atoms with E-state index < -0.39 is 21.2 Å². The summed E-state index contributed by atoms with van der Waals surface area (Å²) in [7, 11) is -1.94. The molecule has 0 bridgehead atoms. The van der Waals surface area contributed by atoms with Gasteiger partial charge in [-0.1, -0.05) is 19.8 Å². The van der Waals surface area contributed by atoms with Crippen LogP contribution in [0.4, 0.5) is 0 Å². The van der Waals surface area contributed by atoms with Crippen molar-refractivity contribution in [2.45, 2.75) is 51.7 Å². The molecule has 0 radical (unpaired) electrons. The maximum absolute atomic E-state index is 12.4. The van der Waals surface area contributed by atoms with E-state index in [4.69, 9.17) is 0 Å². The number of methoxy groups -OCH3 is 1. The molecular weight excluding hydrogens is 252 g/mol. The molecule has 1 saturated carbocycles. The largest absolute Gasteiger partial charge is 0.469 e. The van der Waals surface area contributed by atoms with Gasteiger partial charge in [-0.15, -0.1) is 0 Å². The quantitative estimate of drug-likeness (QED) is 0.738. The molecule has 0 aliphatic heterocycles. The van der Waals surface area contributed by atoms with Crippen LogP contribution in [0.5, 0.6) is 0 Å². The molecule has 5 heteroatoms. The number of sulfone groups is 1. The van der Waals surface area contributed by atoms with Crippen LogP contribution in [0.2, 0.25) is 0 Å². The van der Waals surface area contributed by atoms with Gasteiger partial charge in [-0.05, 0) is 32.6 Å². The van der Waals surface area contributed by atoms with Gasteiger partial charge in [-0.3, -0.25) is 4.79 Å². The van der Waals surface area contributed by atoms with Gasteiger partial charge < -0.3 is 4.74 Å². The van der Waals surface area contributed by atoms with E-state index in [1.165, 1.54) is 7.11 Å². The van der Waals surface area contributed by atoms with Gasteiger partial charge in [0.05, 0.1) is 23.5 Å². The Morgan fingerprint density at radius 3 is 2.44 bits per heavy atom. The van der Waals surface area contributed by atoms with Crippen LogP contribution in [0.3, 0.4) is 0 Å². The standard InChI is InChI=1S/C13H24O4S/c1-10-6-5-7-11(8-10)18(15,16)9-13(2,3)12(14)17-4/h10-11H,5-9H2,1-4H3. The second-order valence-corrected chi connectivity index (χ2v) is 8.36. The smallest absolute Gasteiger partial charge is 0.312 e. The summed E-state index contributed by atoms with van der Waals surface area (Å²) >= 11 is 0. The molecule has 0 heterocycles. The Labute approximate surface area is 110 Å². The summed E-state index contributed by atoms with van der Waals surface area (Å²) < 4.78 is 29.4. The lowest BCUT2D eigenvalue weighted by Gasteiger charge is -2.29. The second kappa shape index (κ2) is 5.59. The fourth-order valence-corrected chi connectivity index (χ4v) is 5.17. The normalized spacial score (nSPS) is 25.8. The van der Waals surface area contributed by atoms with E-state index in [1.54, 1.807) is 13.8 Å². The maximum Gasteiger partial charge on any atom is 0.312 e. The van der Waals surface area contributed by atoms with Crippen LogP contribution < -0.4 is 0 Å². The minimum atomic E-state index is -3.23. The van der Waals surface area contributed by atoms with Crippen molar-refractivity contribution in [2.24, 2.45) is 11.3 Å². The molecule has 2 unspecified atom stereocenters. The van der Waals surface area contributed by atoms with Crippen LogP contribution in [-0.2, 0) is 19.4 Å². The number of carbonyl (C=O) groups is 1. The van der Waals surface area contributed by atoms with Crippen LogP contribution >= 0.6 is 0 Å². The molecule has 0 saturated heterocycles. The first-order valence-electron chi connectivity index (χ1n) is 6.49. The minimum Gasteiger partial charge on any atom is -0.469 e. The van der Waals surface area contributed by atoms with E-state index >= 15 is 0 Å². The number of esters is 1. The van der Waals surface area contributed by atoms with E-state index in [1.807, 2.05) is 0 Å². The number of carbonyl (C=O) groups excluding carboxylic acids is 1. The fraction of sp³-hybridized carbons (Fsp3) is 0.923. The minimum absolute atomic E-state index is 0.121. The topological polar surface area (TPSA) is 60.4 Å². The lowest BCUT2D eigenvalue weighted by Crippen LogP contribution is -2.39. The molecule has 1 fully saturated rings. The van der Waals surface area contributed by atoms with Crippen LogP contribution in [-0.4, -0.2) is 32.5 Å². The van der Waals surface area contributed by atoms with Gasteiger partial charge >= 0.3 is 5.97 Å². The molecule has 0 aromatic carbocycles. The lowest BCUT2D eigenvalue weighted by atomic mass is 9.90. The zero-order chi connectivity index (χ0) is 14.0. The summed E-state index contributed by atoms with van der Waals surface area (Å²) in [5, 5.41) is -0.287. The van der Waals surface area contributed by atoms with Crippen molar-refractivity contribution in [1.29, 1.82) is 0 Å². The molecular formula is C13H24O4S. The highest BCUT2D eigenvalue weighted by atomic mass is 32.2. The first-order chi connectivity index (χ1) is 8.19. The molecule has 18 heavy (non-hydrogen) atoms. The SMILES string of the molecule is COC(=O)C(C)(C)CS(=O)(=O)C1CCCC(C)C1. The van der Waals surface area contributed by atoms with Crippen LogP contribution in [0.1, 0.15) is 46.5 Å². The molecule has 2 atom stereocenters. The van der Waals surface area contributed by atoms with Gasteiger partial charge in [0.1, 0.15) is 0 Å². The van der Waals surface area contributed by atoms with Crippen LogP contribution in [0, 0.1) is 11.3 Å². The molecule has 4 nitrogen and oxygen atoms in total. The van der Waals surface area contributed by atoms with Crippen molar-refractivity contribution in [3.05, 3.63) is 0 Å². The zero-order valence-corrected chi connectivity index (χ0v) is 12.5. The van der Waals surface area contributed by atoms with Gasteiger partial charge in [0.25, 0.3) is 0 Å². The molecule has 1 rings (SSSR count). The molecule has 1 aliphatic carbocycles. The van der Waals surface area contributed by atoms with Gasteiger partial charge in [-0.2, -0.15) is 0 Å². The maximum atomic E-state index is 12.4. The molecule has 0 N–H and O–H groups in total. The molecule has 0 spiro atoms. The highest BCUT2D eigenvalue weighted by Crippen LogP contribution is 2.31. The van der Waals surface area contributed by atoms with Crippen molar-refractivity contribution < 1.29 is 17.9 Å². The third-order valence-electron chi connectivity index (χ3n) is 3.70. The van der Waals surface area contributed by atoms with Gasteiger partial charge in [-0.25, -0.2) is 8.42 Å². The monoisotopic (exact) mass is 276 g/mol. The Hall–Kier alpha value is -0.580. The van der Waals surface area contributed by atoms with E-state index in [0.717, 1.165) is 25.7 Å². The van der Waals surface area contributed by atoms with Gasteiger partial charge in [0.15, 0.2) is 9.84 Å². The summed E-state index contributed by atoms with van der Waals surface area (Å²) in [5.41, 5.74) is -0.964. The van der Waals surface area contributed by atoms with E-state index in [9.17, 15) is 13.2 Å². The first-order valence-corrected chi connectivity index (χ1v) is 8.20. The molecule has 0 aromatic rings. The van der Waals surface area contributed by atoms with Crippen molar-refractivity contribution in [2.75, 3.05) is 12.9 Å². The Bertz CT molecular complexity index is 397. The highest BCUT2D eigenvalue weighted by Gasteiger charge is 2.39. The summed E-state index contributed by atoms with van der Waals surface area (Å²) in [4.78, 5) is 11.6. The average molecular weight is 276 g/mol. The van der Waals surface area contributed by atoms with Gasteiger partial charge in [0.2, 0.25) is 0 Å². The summed E-state index contributed by atoms with van der Waals surface area (Å²) in [6, 6.07) is 0. The van der Waals surface area contributed by atoms with E-state index in [-0.39, 0.29) is 11.0 Å². The Morgan fingerprint density at radius 1 is 1.33 bits per heavy atom. The van der Waals surface area contributed by atoms with Crippen molar-refractivity contribution in [3.8, 4) is 0 Å². The number of hydrogen-bond donors (Lipinski definition) is 0. The van der Waals surface area contributed by atoms with Crippen molar-refractivity contribution in [1.82, 2.24) is 0 Å². The second-order valence-electron chi connectivity index (χ2n) is 6.08. The fourth-order valence-electron chi connectivity index (χ4n) is 2.66. The third kappa shape index (κ3) is 3.70. The van der Waals surface area contributed by atoms with Crippen molar-refractivity contribution in [3.63, 3.8) is 0 Å². The van der Waals surface area contributed by atoms with E-state index in [0.29, 0.717) is 5.92 Å². The Balaban J connectivity index is 2.78. The molecule has 106 valence electrons. The van der Waals surface area contributed by atoms with E-state index in [2.05, 4.69) is 11.7 Å². The van der Waals surface area contributed by atoms with Gasteiger partial charge in [0, 0.05) is 0 Å². The number of hydrogen-bond acceptors (Lipinski definition) is 4. The first kappa shape index (κ1) is 15.5. The van der Waals surface area contributed by atoms with Crippen LogP contribution in [0.15, 0.2) is 0 Å². The molecule has 0 amide bonds.